The zero-order valence-electron chi connectivity index (χ0n) is 20.2. The number of nitriles is 1. The minimum Gasteiger partial charge on any atom is -0.487 e. The molecule has 6 rings (SSSR count). The number of pyridine rings is 1. The molecule has 186 valence electrons. The number of aromatic nitrogens is 4. The standard InChI is InChI=1S/C29H22N6O3/c30-14-23-25(26-27(38-28(23)31)22-11-4-5-12-24(22)32-29(26)36)19-9-6-10-21(13-19)37-17-20-16-35(34-33-20)15-18-7-2-1-3-8-18/h1-13,16,25H,15,17,31H2,(H,32,36). The second-order valence-electron chi connectivity index (χ2n) is 8.92. The highest BCUT2D eigenvalue weighted by molar-refractivity contribution is 5.87. The molecule has 0 saturated heterocycles. The Morgan fingerprint density at radius 1 is 1.08 bits per heavy atom. The molecule has 3 heterocycles. The Kier molecular flexibility index (Phi) is 5.82. The maximum absolute atomic E-state index is 13.2. The summed E-state index contributed by atoms with van der Waals surface area (Å²) in [5, 5.41) is 19.0. The summed E-state index contributed by atoms with van der Waals surface area (Å²) in [4.78, 5) is 16.1. The van der Waals surface area contributed by atoms with Crippen LogP contribution >= 0.6 is 0 Å². The molecule has 0 amide bonds. The van der Waals surface area contributed by atoms with Crippen molar-refractivity contribution in [3.05, 3.63) is 129 Å². The lowest BCUT2D eigenvalue weighted by atomic mass is 9.83. The fourth-order valence-electron chi connectivity index (χ4n) is 4.70. The topological polar surface area (TPSA) is 132 Å². The molecular weight excluding hydrogens is 480 g/mol. The largest absolute Gasteiger partial charge is 0.487 e. The number of rotatable bonds is 6. The molecule has 9 heteroatoms. The predicted molar refractivity (Wildman–Crippen MR) is 140 cm³/mol. The van der Waals surface area contributed by atoms with E-state index in [-0.39, 0.29) is 23.6 Å². The third-order valence-electron chi connectivity index (χ3n) is 6.44. The smallest absolute Gasteiger partial charge is 0.256 e. The number of H-pyrrole nitrogens is 1. The molecule has 0 aliphatic carbocycles. The van der Waals surface area contributed by atoms with Gasteiger partial charge in [0.05, 0.1) is 29.7 Å². The molecule has 38 heavy (non-hydrogen) atoms. The molecule has 1 aliphatic rings. The van der Waals surface area contributed by atoms with Crippen LogP contribution in [0.4, 0.5) is 0 Å². The van der Waals surface area contributed by atoms with E-state index in [2.05, 4.69) is 21.4 Å². The highest BCUT2D eigenvalue weighted by atomic mass is 16.5. The number of ether oxygens (including phenoxy) is 2. The van der Waals surface area contributed by atoms with E-state index in [9.17, 15) is 10.1 Å². The fourth-order valence-corrected chi connectivity index (χ4v) is 4.70. The van der Waals surface area contributed by atoms with Gasteiger partial charge in [-0.25, -0.2) is 4.68 Å². The van der Waals surface area contributed by atoms with Gasteiger partial charge in [0.1, 0.15) is 35.4 Å². The molecule has 0 bridgehead atoms. The number of nitrogens with one attached hydrogen (secondary N) is 1. The van der Waals surface area contributed by atoms with Gasteiger partial charge in [0.2, 0.25) is 5.88 Å². The Labute approximate surface area is 217 Å². The van der Waals surface area contributed by atoms with Crippen molar-refractivity contribution in [3.8, 4) is 17.6 Å². The van der Waals surface area contributed by atoms with E-state index in [1.165, 1.54) is 0 Å². The first-order valence-corrected chi connectivity index (χ1v) is 12.0. The second-order valence-corrected chi connectivity index (χ2v) is 8.92. The Morgan fingerprint density at radius 3 is 2.74 bits per heavy atom. The number of allylic oxidation sites excluding steroid dienone is 1. The highest BCUT2D eigenvalue weighted by Crippen LogP contribution is 2.43. The van der Waals surface area contributed by atoms with Crippen molar-refractivity contribution in [2.24, 2.45) is 5.73 Å². The predicted octanol–water partition coefficient (Wildman–Crippen LogP) is 3.97. The van der Waals surface area contributed by atoms with Crippen molar-refractivity contribution in [1.82, 2.24) is 20.0 Å². The van der Waals surface area contributed by atoms with Crippen LogP contribution in [0.1, 0.15) is 28.3 Å². The van der Waals surface area contributed by atoms with Crippen molar-refractivity contribution < 1.29 is 9.47 Å². The highest BCUT2D eigenvalue weighted by Gasteiger charge is 2.34. The van der Waals surface area contributed by atoms with Gasteiger partial charge in [-0.05, 0) is 35.4 Å². The first kappa shape index (κ1) is 23.1. The van der Waals surface area contributed by atoms with Gasteiger partial charge in [-0.1, -0.05) is 59.8 Å². The van der Waals surface area contributed by atoms with Crippen molar-refractivity contribution in [2.75, 3.05) is 0 Å². The molecule has 0 saturated carbocycles. The molecule has 1 atom stereocenters. The monoisotopic (exact) mass is 502 g/mol. The summed E-state index contributed by atoms with van der Waals surface area (Å²) in [6, 6.07) is 26.7. The minimum atomic E-state index is -0.715. The first-order chi connectivity index (χ1) is 18.6. The molecule has 2 aromatic heterocycles. The normalized spacial score (nSPS) is 14.6. The summed E-state index contributed by atoms with van der Waals surface area (Å²) in [5.41, 5.74) is 9.43. The maximum Gasteiger partial charge on any atom is 0.256 e. The number of nitrogens with zero attached hydrogens (tertiary/aromatic N) is 4. The molecule has 0 fully saturated rings. The van der Waals surface area contributed by atoms with Crippen molar-refractivity contribution in [2.45, 2.75) is 19.1 Å². The first-order valence-electron chi connectivity index (χ1n) is 12.0. The number of fused-ring (bicyclic) bond motifs is 3. The average Bonchev–Trinajstić information content (AvgIpc) is 3.39. The van der Waals surface area contributed by atoms with Crippen molar-refractivity contribution in [3.63, 3.8) is 0 Å². The molecule has 0 radical (unpaired) electrons. The van der Waals surface area contributed by atoms with E-state index in [0.717, 1.165) is 5.56 Å². The zero-order chi connectivity index (χ0) is 26.1. The van der Waals surface area contributed by atoms with Crippen LogP contribution in [-0.4, -0.2) is 20.0 Å². The van der Waals surface area contributed by atoms with Gasteiger partial charge in [0, 0.05) is 5.39 Å². The van der Waals surface area contributed by atoms with Gasteiger partial charge in [-0.3, -0.25) is 4.79 Å². The molecule has 0 spiro atoms. The Balaban J connectivity index is 1.29. The number of benzene rings is 3. The molecule has 3 N–H and O–H groups in total. The van der Waals surface area contributed by atoms with Crippen LogP contribution < -0.4 is 20.8 Å². The van der Waals surface area contributed by atoms with E-state index >= 15 is 0 Å². The van der Waals surface area contributed by atoms with Crippen LogP contribution in [-0.2, 0) is 13.2 Å². The number of hydrogen-bond acceptors (Lipinski definition) is 7. The lowest BCUT2D eigenvalue weighted by molar-refractivity contribution is 0.300. The fraction of sp³-hybridized carbons (Fsp3) is 0.103. The molecular formula is C29H22N6O3. The van der Waals surface area contributed by atoms with E-state index < -0.39 is 5.92 Å². The zero-order valence-corrected chi connectivity index (χ0v) is 20.2. The number of para-hydroxylation sites is 1. The summed E-state index contributed by atoms with van der Waals surface area (Å²) >= 11 is 0. The van der Waals surface area contributed by atoms with Crippen LogP contribution in [0.25, 0.3) is 10.9 Å². The minimum absolute atomic E-state index is 0.0258. The summed E-state index contributed by atoms with van der Waals surface area (Å²) in [6.45, 7) is 0.817. The second kappa shape index (κ2) is 9.59. The van der Waals surface area contributed by atoms with Crippen LogP contribution in [0.2, 0.25) is 0 Å². The van der Waals surface area contributed by atoms with Gasteiger partial charge < -0.3 is 20.2 Å². The summed E-state index contributed by atoms with van der Waals surface area (Å²) in [5.74, 6) is 0.169. The molecule has 1 aliphatic heterocycles. The third kappa shape index (κ3) is 4.24. The van der Waals surface area contributed by atoms with Gasteiger partial charge >= 0.3 is 0 Å². The van der Waals surface area contributed by atoms with Gasteiger partial charge in [-0.2, -0.15) is 5.26 Å². The van der Waals surface area contributed by atoms with E-state index in [0.29, 0.717) is 45.8 Å². The van der Waals surface area contributed by atoms with E-state index in [1.807, 2.05) is 72.9 Å². The van der Waals surface area contributed by atoms with Gasteiger partial charge in [-0.15, -0.1) is 5.10 Å². The van der Waals surface area contributed by atoms with Crippen molar-refractivity contribution in [1.29, 1.82) is 5.26 Å². The Morgan fingerprint density at radius 2 is 1.89 bits per heavy atom. The lowest BCUT2D eigenvalue weighted by Crippen LogP contribution is -2.27. The summed E-state index contributed by atoms with van der Waals surface area (Å²) < 4.78 is 13.6. The molecule has 3 aromatic carbocycles. The number of hydrogen-bond donors (Lipinski definition) is 2. The maximum atomic E-state index is 13.2. The van der Waals surface area contributed by atoms with Crippen LogP contribution in [0.3, 0.4) is 0 Å². The summed E-state index contributed by atoms with van der Waals surface area (Å²) in [7, 11) is 0. The number of aromatic amines is 1. The lowest BCUT2D eigenvalue weighted by Gasteiger charge is -2.26. The SMILES string of the molecule is N#CC1=C(N)Oc2c(c(=O)[nH]c3ccccc23)C1c1cccc(OCc2cn(Cc3ccccc3)nn2)c1. The van der Waals surface area contributed by atoms with Crippen LogP contribution in [0, 0.1) is 11.3 Å². The van der Waals surface area contributed by atoms with Crippen molar-refractivity contribution >= 4 is 10.9 Å². The number of nitrogens with two attached hydrogens (primary N) is 1. The molecule has 5 aromatic rings. The molecule has 1 unspecified atom stereocenters. The average molecular weight is 503 g/mol. The van der Waals surface area contributed by atoms with E-state index in [4.69, 9.17) is 15.2 Å². The van der Waals surface area contributed by atoms with E-state index in [1.54, 1.807) is 16.8 Å². The Bertz CT molecular complexity index is 1780. The van der Waals surface area contributed by atoms with Crippen LogP contribution in [0.15, 0.2) is 101 Å². The quantitative estimate of drug-likeness (QED) is 0.359. The third-order valence-corrected chi connectivity index (χ3v) is 6.44. The Hall–Kier alpha value is -5.36. The molecule has 9 nitrogen and oxygen atoms in total. The van der Waals surface area contributed by atoms with Gasteiger partial charge in [0.25, 0.3) is 5.56 Å². The van der Waals surface area contributed by atoms with Gasteiger partial charge in [0.15, 0.2) is 0 Å². The van der Waals surface area contributed by atoms with Crippen LogP contribution in [0.5, 0.6) is 11.5 Å². The summed E-state index contributed by atoms with van der Waals surface area (Å²) in [6.07, 6.45) is 1.84.